The van der Waals surface area contributed by atoms with Crippen LogP contribution in [-0.2, 0) is 69.8 Å². The Bertz CT molecular complexity index is 1440. The normalized spacial score (nSPS) is 36.4. The Morgan fingerprint density at radius 2 is 0.903 bits per heavy atom. The number of ether oxygens (including phenoxy) is 12. The molecule has 5 rings (SSSR count). The lowest BCUT2D eigenvalue weighted by molar-refractivity contribution is -0.351. The molecule has 0 unspecified atom stereocenters. The lowest BCUT2D eigenvalue weighted by atomic mass is 9.97. The first-order valence-corrected chi connectivity index (χ1v) is 25.5. The maximum absolute atomic E-state index is 11.5. The van der Waals surface area contributed by atoms with Crippen LogP contribution in [0.1, 0.15) is 109 Å². The lowest BCUT2D eigenvalue weighted by Crippen LogP contribution is -2.64. The molecule has 0 bridgehead atoms. The summed E-state index contributed by atoms with van der Waals surface area (Å²) in [5.74, 6) is 0. The first-order valence-electron chi connectivity index (χ1n) is 25.5. The van der Waals surface area contributed by atoms with Crippen molar-refractivity contribution < 1.29 is 103 Å². The smallest absolute Gasteiger partial charge is 0.186 e. The lowest BCUT2D eigenvalue weighted by Gasteiger charge is -2.46. The van der Waals surface area contributed by atoms with E-state index in [2.05, 4.69) is 24.2 Å². The van der Waals surface area contributed by atoms with Gasteiger partial charge in [-0.2, -0.15) is 0 Å². The number of aliphatic hydroxyl groups is 9. The first-order chi connectivity index (χ1) is 34.2. The molecular weight excluding hydrogens is 955 g/mol. The van der Waals surface area contributed by atoms with E-state index in [1.54, 1.807) is 17.8 Å². The van der Waals surface area contributed by atoms with Crippen molar-refractivity contribution in [3.05, 3.63) is 11.9 Å². The molecule has 4 fully saturated rings. The molecule has 4 aliphatic heterocycles. The van der Waals surface area contributed by atoms with E-state index in [1.807, 2.05) is 55.4 Å². The van der Waals surface area contributed by atoms with Gasteiger partial charge in [0, 0.05) is 46.8 Å². The Labute approximate surface area is 428 Å². The number of rotatable bonds is 23. The van der Waals surface area contributed by atoms with Gasteiger partial charge in [0.1, 0.15) is 97.7 Å². The summed E-state index contributed by atoms with van der Waals surface area (Å²) in [5.41, 5.74) is 0.728. The molecule has 0 spiro atoms. The number of aryl methyl sites for hydroxylation is 2. The Balaban J connectivity index is 0.00000474. The average molecular weight is 1050 g/mol. The molecule has 9 N–H and O–H groups in total. The van der Waals surface area contributed by atoms with Crippen LogP contribution in [0, 0.1) is 0 Å². The molecule has 0 saturated carbocycles. The van der Waals surface area contributed by atoms with Gasteiger partial charge >= 0.3 is 0 Å². The third kappa shape index (κ3) is 20.3. The Hall–Kier alpha value is -1.70. The van der Waals surface area contributed by atoms with Crippen LogP contribution in [0.25, 0.3) is 0 Å². The summed E-state index contributed by atoms with van der Waals surface area (Å²) in [6.07, 6.45) is -23.3. The van der Waals surface area contributed by atoms with Crippen molar-refractivity contribution in [3.8, 4) is 0 Å². The van der Waals surface area contributed by atoms with Gasteiger partial charge in [0.15, 0.2) is 25.2 Å². The SMILES string of the molecule is C.CC.CC.CC.CCC.CCCO[C@H]1[C@H](O)[C@@H](O)[C@@H](OC[C@H]2O[C@H](OC)[C@H](O)[C@@H](O)[C@@H]2OCC)O[C@@H]1CO[C@H]1O[C@H](CO[C@H]2O[C@H](COC)[C@@H](O)[C@H](O)[C@H]2O)[C@@H](OCCCc2cn(CC)nn2)[C@H](O)[C@H]1O. The molecule has 24 nitrogen and oxygen atoms in total. The fourth-order valence-corrected chi connectivity index (χ4v) is 7.66. The topological polar surface area (TPSA) is 324 Å². The minimum Gasteiger partial charge on any atom is -0.387 e. The summed E-state index contributed by atoms with van der Waals surface area (Å²) in [7, 11) is 2.65. The fourth-order valence-electron chi connectivity index (χ4n) is 7.66. The van der Waals surface area contributed by atoms with Crippen molar-refractivity contribution in [1.82, 2.24) is 15.0 Å². The minimum atomic E-state index is -1.71. The molecule has 1 aromatic heterocycles. The van der Waals surface area contributed by atoms with Crippen LogP contribution in [-0.4, -0.2) is 244 Å². The zero-order chi connectivity index (χ0) is 53.8. The van der Waals surface area contributed by atoms with Crippen LogP contribution in [0.3, 0.4) is 0 Å². The van der Waals surface area contributed by atoms with Gasteiger partial charge in [-0.05, 0) is 33.1 Å². The third-order valence-electron chi connectivity index (χ3n) is 11.1. The van der Waals surface area contributed by atoms with Gasteiger partial charge in [0.2, 0.25) is 0 Å². The number of aromatic nitrogens is 3. The third-order valence-corrected chi connectivity index (χ3v) is 11.1. The van der Waals surface area contributed by atoms with Crippen LogP contribution in [0.4, 0.5) is 0 Å². The predicted octanol–water partition coefficient (Wildman–Crippen LogP) is 0.437. The zero-order valence-corrected chi connectivity index (χ0v) is 44.4. The van der Waals surface area contributed by atoms with E-state index in [-0.39, 0.29) is 40.5 Å². The quantitative estimate of drug-likeness (QED) is 0.0672. The summed E-state index contributed by atoms with van der Waals surface area (Å²) in [6, 6.07) is 0. The molecule has 4 aliphatic rings. The minimum absolute atomic E-state index is 0. The summed E-state index contributed by atoms with van der Waals surface area (Å²) >= 11 is 0. The second-order valence-electron chi connectivity index (χ2n) is 16.2. The molecule has 0 radical (unpaired) electrons. The molecule has 72 heavy (non-hydrogen) atoms. The number of hydrogen-bond donors (Lipinski definition) is 9. The van der Waals surface area contributed by atoms with Crippen LogP contribution >= 0.6 is 0 Å². The van der Waals surface area contributed by atoms with Gasteiger partial charge in [-0.1, -0.05) is 81.4 Å². The van der Waals surface area contributed by atoms with Gasteiger partial charge < -0.3 is 103 Å². The second-order valence-corrected chi connectivity index (χ2v) is 16.2. The summed E-state index contributed by atoms with van der Waals surface area (Å²) in [5, 5.41) is 106. The molecule has 20 atom stereocenters. The van der Waals surface area contributed by atoms with E-state index in [1.165, 1.54) is 20.6 Å². The van der Waals surface area contributed by atoms with Gasteiger partial charge in [0.05, 0.1) is 32.1 Å². The molecule has 0 aliphatic carbocycles. The largest absolute Gasteiger partial charge is 0.387 e. The highest BCUT2D eigenvalue weighted by molar-refractivity contribution is 4.96. The average Bonchev–Trinajstić information content (AvgIpc) is 3.86. The van der Waals surface area contributed by atoms with Gasteiger partial charge in [0.25, 0.3) is 0 Å². The Morgan fingerprint density at radius 3 is 1.31 bits per heavy atom. The zero-order valence-electron chi connectivity index (χ0n) is 44.4. The maximum Gasteiger partial charge on any atom is 0.186 e. The Kier molecular flexibility index (Phi) is 37.9. The summed E-state index contributed by atoms with van der Waals surface area (Å²) in [4.78, 5) is 0. The number of nitrogens with zero attached hydrogens (tertiary/aromatic N) is 3. The second kappa shape index (κ2) is 38.8. The van der Waals surface area contributed by atoms with E-state index in [9.17, 15) is 46.0 Å². The molecule has 1 aromatic rings. The number of methoxy groups -OCH3 is 2. The van der Waals surface area contributed by atoms with Gasteiger partial charge in [-0.15, -0.1) is 5.10 Å². The summed E-state index contributed by atoms with van der Waals surface area (Å²) in [6.45, 7) is 21.4. The molecule has 4 saturated heterocycles. The highest BCUT2D eigenvalue weighted by Crippen LogP contribution is 2.31. The molecular formula is C48H97N3O21. The maximum atomic E-state index is 11.5. The van der Waals surface area contributed by atoms with Gasteiger partial charge in [-0.3, -0.25) is 4.68 Å². The van der Waals surface area contributed by atoms with Crippen LogP contribution in [0.15, 0.2) is 6.20 Å². The van der Waals surface area contributed by atoms with E-state index >= 15 is 0 Å². The van der Waals surface area contributed by atoms with Crippen molar-refractivity contribution >= 4 is 0 Å². The van der Waals surface area contributed by atoms with Crippen molar-refractivity contribution in [1.29, 1.82) is 0 Å². The monoisotopic (exact) mass is 1050 g/mol. The fraction of sp³-hybridized carbons (Fsp3) is 0.958. The van der Waals surface area contributed by atoms with Crippen molar-refractivity contribution in [2.75, 3.05) is 60.5 Å². The van der Waals surface area contributed by atoms with E-state index in [4.69, 9.17) is 56.8 Å². The van der Waals surface area contributed by atoms with Crippen LogP contribution in [0.5, 0.6) is 0 Å². The molecule has 0 aromatic carbocycles. The van der Waals surface area contributed by atoms with Crippen molar-refractivity contribution in [2.24, 2.45) is 0 Å². The highest BCUT2D eigenvalue weighted by atomic mass is 16.8. The predicted molar refractivity (Wildman–Crippen MR) is 261 cm³/mol. The van der Waals surface area contributed by atoms with Crippen molar-refractivity contribution in [3.63, 3.8) is 0 Å². The number of hydrogen-bond acceptors (Lipinski definition) is 23. The van der Waals surface area contributed by atoms with Crippen LogP contribution in [0.2, 0.25) is 0 Å². The highest BCUT2D eigenvalue weighted by Gasteiger charge is 2.52. The van der Waals surface area contributed by atoms with E-state index in [0.717, 1.165) is 5.69 Å². The Morgan fingerprint density at radius 1 is 0.500 bits per heavy atom. The standard InChI is InChI=1S/C38H67N3O21.C3H8.3C2H6.CH4/c1-6-11-54-33-21(61-37(30(49)26(33)45)57-15-20-32(53-8-3)25(44)29(48)35(52-5)60-20)16-58-38-31(50)27(46)34(55-12-9-10-18-13-41(7-2)40-39-18)22(62-38)17-56-36-28(47)24(43)23(42)19(59-36)14-51-4;1-3-2;3*1-2;/h13,19-38,42-50H,6-12,14-17H2,1-5H3;3H2,1-2H3;3*1-2H3;1H4/t19-,20-,21-,22-,23-,24+,25-,26-,27-,28-,29-,30-,31-,32-,33-,34-,35+,36+,37+,38+;;;;;/m1...../s1. The molecule has 5 heterocycles. The van der Waals surface area contributed by atoms with E-state index in [0.29, 0.717) is 25.8 Å². The van der Waals surface area contributed by atoms with Gasteiger partial charge in [-0.25, -0.2) is 0 Å². The number of aliphatic hydroxyl groups excluding tert-OH is 9. The first kappa shape index (κ1) is 70.3. The van der Waals surface area contributed by atoms with Crippen molar-refractivity contribution in [2.45, 2.75) is 239 Å². The molecule has 430 valence electrons. The summed E-state index contributed by atoms with van der Waals surface area (Å²) < 4.78 is 70.9. The van der Waals surface area contributed by atoms with Crippen LogP contribution < -0.4 is 0 Å². The van der Waals surface area contributed by atoms with E-state index < -0.39 is 136 Å². The molecule has 0 amide bonds. The molecule has 24 heteroatoms.